The van der Waals surface area contributed by atoms with Crippen LogP contribution in [0.2, 0.25) is 0 Å². The van der Waals surface area contributed by atoms with Gasteiger partial charge >= 0.3 is 6.09 Å². The number of nitrogens with zero attached hydrogens (tertiary/aromatic N) is 1. The maximum Gasteiger partial charge on any atom is 0.412 e. The summed E-state index contributed by atoms with van der Waals surface area (Å²) < 4.78 is 23.4. The summed E-state index contributed by atoms with van der Waals surface area (Å²) in [7, 11) is -3.47. The average molecular weight is 178 g/mol. The van der Waals surface area contributed by atoms with Crippen LogP contribution in [0.15, 0.2) is 12.4 Å². The number of rotatable bonds is 0. The van der Waals surface area contributed by atoms with Crippen molar-refractivity contribution < 1.29 is 18.3 Å². The molecule has 0 radical (unpaired) electrons. The number of hydrogen-bond acceptors (Lipinski definition) is 3. The predicted octanol–water partition coefficient (Wildman–Crippen LogP) is -0.672. The van der Waals surface area contributed by atoms with E-state index in [0.717, 1.165) is 12.4 Å². The summed E-state index contributed by atoms with van der Waals surface area (Å²) >= 11 is 0. The molecule has 11 heavy (non-hydrogen) atoms. The largest absolute Gasteiger partial charge is 0.465 e. The van der Waals surface area contributed by atoms with Gasteiger partial charge in [0.1, 0.15) is 5.88 Å². The standard InChI is InChI=1S/C4H6N2O4S/c7-4(8)6-2-1-5-11(9,10)3-6/h1-2,5H,3H2,(H,7,8). The van der Waals surface area contributed by atoms with Crippen LogP contribution in [-0.4, -0.2) is 30.4 Å². The van der Waals surface area contributed by atoms with Gasteiger partial charge in [-0.1, -0.05) is 0 Å². The van der Waals surface area contributed by atoms with Crippen LogP contribution >= 0.6 is 0 Å². The van der Waals surface area contributed by atoms with Crippen molar-refractivity contribution in [1.82, 2.24) is 9.62 Å². The molecule has 0 unspecified atom stereocenters. The highest BCUT2D eigenvalue weighted by molar-refractivity contribution is 7.89. The molecule has 1 rings (SSSR count). The molecule has 0 aliphatic carbocycles. The Morgan fingerprint density at radius 3 is 2.64 bits per heavy atom. The predicted molar refractivity (Wildman–Crippen MR) is 35.9 cm³/mol. The fourth-order valence-corrected chi connectivity index (χ4v) is 1.51. The lowest BCUT2D eigenvalue weighted by molar-refractivity contribution is 0.167. The van der Waals surface area contributed by atoms with Crippen molar-refractivity contribution in [3.8, 4) is 0 Å². The van der Waals surface area contributed by atoms with E-state index < -0.39 is 22.0 Å². The van der Waals surface area contributed by atoms with Crippen molar-refractivity contribution in [2.45, 2.75) is 0 Å². The first-order valence-corrected chi connectivity index (χ1v) is 4.33. The number of amides is 1. The van der Waals surface area contributed by atoms with E-state index in [1.54, 1.807) is 0 Å². The highest BCUT2D eigenvalue weighted by Gasteiger charge is 2.20. The van der Waals surface area contributed by atoms with Gasteiger partial charge in [-0.15, -0.1) is 0 Å². The molecule has 0 aromatic carbocycles. The number of sulfonamides is 1. The summed E-state index contributed by atoms with van der Waals surface area (Å²) in [5, 5.41) is 8.35. The monoisotopic (exact) mass is 178 g/mol. The van der Waals surface area contributed by atoms with Crippen LogP contribution in [0.5, 0.6) is 0 Å². The summed E-state index contributed by atoms with van der Waals surface area (Å²) in [5.74, 6) is -0.543. The molecule has 0 fully saturated rings. The van der Waals surface area contributed by atoms with Gasteiger partial charge in [0.25, 0.3) is 10.0 Å². The molecule has 1 aliphatic rings. The summed E-state index contributed by atoms with van der Waals surface area (Å²) in [4.78, 5) is 10.9. The molecular weight excluding hydrogens is 172 g/mol. The Labute approximate surface area is 63.2 Å². The minimum atomic E-state index is -3.47. The Hall–Kier alpha value is -1.24. The Kier molecular flexibility index (Phi) is 1.73. The van der Waals surface area contributed by atoms with Gasteiger partial charge in [0.15, 0.2) is 0 Å². The van der Waals surface area contributed by atoms with Crippen molar-refractivity contribution in [3.63, 3.8) is 0 Å². The lowest BCUT2D eigenvalue weighted by Gasteiger charge is -2.18. The highest BCUT2D eigenvalue weighted by Crippen LogP contribution is 2.00. The van der Waals surface area contributed by atoms with Crippen molar-refractivity contribution in [2.24, 2.45) is 0 Å². The normalized spacial score (nSPS) is 20.9. The summed E-state index contributed by atoms with van der Waals surface area (Å²) in [6.45, 7) is 0. The fourth-order valence-electron chi connectivity index (χ4n) is 0.606. The van der Waals surface area contributed by atoms with Gasteiger partial charge in [-0.05, 0) is 0 Å². The third-order valence-electron chi connectivity index (χ3n) is 1.06. The van der Waals surface area contributed by atoms with Crippen molar-refractivity contribution in [2.75, 3.05) is 5.88 Å². The summed E-state index contributed by atoms with van der Waals surface area (Å²) in [6, 6.07) is 0. The topological polar surface area (TPSA) is 86.7 Å². The lowest BCUT2D eigenvalue weighted by atomic mass is 10.8. The van der Waals surface area contributed by atoms with Crippen molar-refractivity contribution in [3.05, 3.63) is 12.4 Å². The molecule has 1 aliphatic heterocycles. The minimum Gasteiger partial charge on any atom is -0.465 e. The van der Waals surface area contributed by atoms with Crippen molar-refractivity contribution in [1.29, 1.82) is 0 Å². The molecule has 2 N–H and O–H groups in total. The number of carbonyl (C=O) groups is 1. The van der Waals surface area contributed by atoms with E-state index in [1.165, 1.54) is 0 Å². The summed E-state index contributed by atoms with van der Waals surface area (Å²) in [6.07, 6.45) is 0.919. The van der Waals surface area contributed by atoms with Crippen LogP contribution in [0.4, 0.5) is 4.79 Å². The molecule has 0 saturated heterocycles. The van der Waals surface area contributed by atoms with Crippen LogP contribution in [0.3, 0.4) is 0 Å². The molecule has 0 aromatic rings. The Morgan fingerprint density at radius 1 is 1.64 bits per heavy atom. The first kappa shape index (κ1) is 7.86. The van der Waals surface area contributed by atoms with Gasteiger partial charge in [-0.2, -0.15) is 0 Å². The third kappa shape index (κ3) is 1.84. The highest BCUT2D eigenvalue weighted by atomic mass is 32.2. The van der Waals surface area contributed by atoms with E-state index >= 15 is 0 Å². The Morgan fingerprint density at radius 2 is 2.27 bits per heavy atom. The molecule has 6 nitrogen and oxygen atoms in total. The zero-order chi connectivity index (χ0) is 8.48. The van der Waals surface area contributed by atoms with Crippen LogP contribution < -0.4 is 4.72 Å². The number of carboxylic acid groups (broad SMARTS) is 1. The third-order valence-corrected chi connectivity index (χ3v) is 2.17. The second-order valence-corrected chi connectivity index (χ2v) is 3.65. The Bertz CT molecular complexity index is 293. The molecule has 1 heterocycles. The first-order valence-electron chi connectivity index (χ1n) is 2.67. The van der Waals surface area contributed by atoms with Crippen LogP contribution in [0.25, 0.3) is 0 Å². The van der Waals surface area contributed by atoms with E-state index in [0.29, 0.717) is 4.90 Å². The lowest BCUT2D eigenvalue weighted by Crippen LogP contribution is -2.38. The number of nitrogens with one attached hydrogen (secondary N) is 1. The maximum absolute atomic E-state index is 10.7. The smallest absolute Gasteiger partial charge is 0.412 e. The summed E-state index contributed by atoms with van der Waals surface area (Å²) in [5.41, 5.74) is 0. The quantitative estimate of drug-likeness (QED) is 0.515. The molecule has 0 aromatic heterocycles. The van der Waals surface area contributed by atoms with Gasteiger partial charge in [-0.3, -0.25) is 9.62 Å². The second kappa shape index (κ2) is 2.42. The van der Waals surface area contributed by atoms with E-state index in [9.17, 15) is 13.2 Å². The van der Waals surface area contributed by atoms with E-state index in [2.05, 4.69) is 0 Å². The molecule has 0 bridgehead atoms. The SMILES string of the molecule is O=C(O)N1C=CNS(=O)(=O)C1. The van der Waals surface area contributed by atoms with Crippen LogP contribution in [0.1, 0.15) is 0 Å². The molecule has 0 saturated carbocycles. The van der Waals surface area contributed by atoms with E-state index in [1.807, 2.05) is 4.72 Å². The van der Waals surface area contributed by atoms with Gasteiger partial charge < -0.3 is 5.11 Å². The van der Waals surface area contributed by atoms with Crippen LogP contribution in [-0.2, 0) is 10.0 Å². The molecule has 0 spiro atoms. The zero-order valence-corrected chi connectivity index (χ0v) is 6.21. The molecule has 62 valence electrons. The molecule has 7 heteroatoms. The van der Waals surface area contributed by atoms with Crippen molar-refractivity contribution >= 4 is 16.1 Å². The molecular formula is C4H6N2O4S. The van der Waals surface area contributed by atoms with E-state index in [-0.39, 0.29) is 0 Å². The minimum absolute atomic E-state index is 0.543. The fraction of sp³-hybridized carbons (Fsp3) is 0.250. The molecule has 1 amide bonds. The number of hydrogen-bond donors (Lipinski definition) is 2. The molecule has 0 atom stereocenters. The Balaban J connectivity index is 2.84. The second-order valence-electron chi connectivity index (χ2n) is 1.93. The van der Waals surface area contributed by atoms with Gasteiger partial charge in [-0.25, -0.2) is 13.2 Å². The maximum atomic E-state index is 10.7. The van der Waals surface area contributed by atoms with Crippen LogP contribution in [0, 0.1) is 0 Å². The van der Waals surface area contributed by atoms with Gasteiger partial charge in [0.05, 0.1) is 0 Å². The van der Waals surface area contributed by atoms with Gasteiger partial charge in [0.2, 0.25) is 0 Å². The average Bonchev–Trinajstić information content (AvgIpc) is 1.85. The van der Waals surface area contributed by atoms with E-state index in [4.69, 9.17) is 5.11 Å². The first-order chi connectivity index (χ1) is 5.01. The van der Waals surface area contributed by atoms with Gasteiger partial charge in [0, 0.05) is 12.4 Å². The zero-order valence-electron chi connectivity index (χ0n) is 5.39.